The van der Waals surface area contributed by atoms with Crippen molar-refractivity contribution >= 4 is 17.6 Å². The number of anilines is 2. The summed E-state index contributed by atoms with van der Waals surface area (Å²) >= 11 is 0. The second-order valence-corrected chi connectivity index (χ2v) is 10.8. The van der Waals surface area contributed by atoms with Crippen molar-refractivity contribution in [2.45, 2.75) is 60.0 Å². The number of nitrogens with two attached hydrogens (primary N) is 1. The predicted octanol–water partition coefficient (Wildman–Crippen LogP) is 4.52. The van der Waals surface area contributed by atoms with Crippen molar-refractivity contribution in [3.8, 4) is 11.3 Å². The van der Waals surface area contributed by atoms with E-state index in [1.807, 2.05) is 12.3 Å². The van der Waals surface area contributed by atoms with Crippen molar-refractivity contribution in [3.63, 3.8) is 0 Å². The van der Waals surface area contributed by atoms with Crippen LogP contribution >= 0.6 is 0 Å². The molecular weight excluding hydrogens is 436 g/mol. The molecule has 5 rings (SSSR count). The van der Waals surface area contributed by atoms with Crippen LogP contribution in [0.1, 0.15) is 50.4 Å². The number of aromatic nitrogens is 4. The quantitative estimate of drug-likeness (QED) is 0.419. The van der Waals surface area contributed by atoms with Crippen LogP contribution in [-0.4, -0.2) is 43.7 Å². The maximum atomic E-state index is 6.36. The molecule has 1 saturated heterocycles. The Kier molecular flexibility index (Phi) is 6.21. The fraction of sp³-hybridized carbons (Fsp3) is 0.481. The molecule has 184 valence electrons. The number of likely N-dealkylation sites (tertiary alicyclic amines) is 1. The zero-order valence-corrected chi connectivity index (χ0v) is 21.3. The molecule has 1 unspecified atom stereocenters. The van der Waals surface area contributed by atoms with Crippen LogP contribution in [0.2, 0.25) is 0 Å². The Labute approximate surface area is 207 Å². The predicted molar refractivity (Wildman–Crippen MR) is 140 cm³/mol. The van der Waals surface area contributed by atoms with Crippen LogP contribution in [0.15, 0.2) is 41.7 Å². The molecule has 2 aliphatic heterocycles. The lowest BCUT2D eigenvalue weighted by Gasteiger charge is -2.27. The third-order valence-electron chi connectivity index (χ3n) is 7.42. The molecule has 2 aliphatic rings. The summed E-state index contributed by atoms with van der Waals surface area (Å²) in [6, 6.07) is 8.33. The first-order chi connectivity index (χ1) is 16.8. The summed E-state index contributed by atoms with van der Waals surface area (Å²) in [5.41, 5.74) is 13.2. The largest absolute Gasteiger partial charge is 0.370 e. The van der Waals surface area contributed by atoms with Crippen LogP contribution < -0.4 is 11.1 Å². The van der Waals surface area contributed by atoms with Crippen molar-refractivity contribution in [1.29, 1.82) is 0 Å². The highest BCUT2D eigenvalue weighted by atomic mass is 15.3. The number of rotatable bonds is 5. The van der Waals surface area contributed by atoms with E-state index in [4.69, 9.17) is 15.7 Å². The van der Waals surface area contributed by atoms with Gasteiger partial charge in [0.1, 0.15) is 0 Å². The van der Waals surface area contributed by atoms with Gasteiger partial charge in [0.25, 0.3) is 0 Å². The second kappa shape index (κ2) is 9.32. The van der Waals surface area contributed by atoms with E-state index < -0.39 is 0 Å². The number of aliphatic imine (C=N–C) groups is 1. The number of aryl methyl sites for hydroxylation is 2. The Morgan fingerprint density at radius 1 is 1.23 bits per heavy atom. The van der Waals surface area contributed by atoms with E-state index in [2.05, 4.69) is 70.9 Å². The van der Waals surface area contributed by atoms with E-state index in [1.54, 1.807) is 6.20 Å². The van der Waals surface area contributed by atoms with E-state index in [9.17, 15) is 0 Å². The third kappa shape index (κ3) is 5.01. The zero-order valence-electron chi connectivity index (χ0n) is 21.3. The molecule has 8 heteroatoms. The summed E-state index contributed by atoms with van der Waals surface area (Å²) in [6.07, 6.45) is 7.00. The first-order valence-electron chi connectivity index (χ1n) is 12.6. The van der Waals surface area contributed by atoms with Gasteiger partial charge in [0, 0.05) is 31.4 Å². The molecule has 3 aromatic rings. The van der Waals surface area contributed by atoms with Gasteiger partial charge in [-0.3, -0.25) is 4.68 Å². The maximum Gasteiger partial charge on any atom is 0.227 e. The van der Waals surface area contributed by atoms with E-state index in [1.165, 1.54) is 23.2 Å². The van der Waals surface area contributed by atoms with Gasteiger partial charge < -0.3 is 16.0 Å². The lowest BCUT2D eigenvalue weighted by atomic mass is 9.80. The Bertz CT molecular complexity index is 1240. The molecule has 0 aliphatic carbocycles. The van der Waals surface area contributed by atoms with Gasteiger partial charge in [-0.15, -0.1) is 0 Å². The Hall–Kier alpha value is -3.42. The van der Waals surface area contributed by atoms with E-state index in [0.717, 1.165) is 49.4 Å². The Morgan fingerprint density at radius 3 is 2.86 bits per heavy atom. The van der Waals surface area contributed by atoms with E-state index in [-0.39, 0.29) is 0 Å². The number of nitrogens with one attached hydrogen (secondary N) is 1. The van der Waals surface area contributed by atoms with Crippen molar-refractivity contribution < 1.29 is 0 Å². The number of benzene rings is 1. The summed E-state index contributed by atoms with van der Waals surface area (Å²) in [5, 5.41) is 7.79. The second-order valence-electron chi connectivity index (χ2n) is 10.8. The molecule has 0 radical (unpaired) electrons. The van der Waals surface area contributed by atoms with Gasteiger partial charge in [0.2, 0.25) is 5.95 Å². The molecule has 0 amide bonds. The number of guanidine groups is 1. The first-order valence-corrected chi connectivity index (χ1v) is 12.6. The summed E-state index contributed by atoms with van der Waals surface area (Å²) in [5.74, 6) is 1.89. The molecule has 3 N–H and O–H groups in total. The highest BCUT2D eigenvalue weighted by Gasteiger charge is 2.32. The van der Waals surface area contributed by atoms with Gasteiger partial charge in [-0.2, -0.15) is 5.10 Å². The topological polar surface area (TPSA) is 97.2 Å². The van der Waals surface area contributed by atoms with Crippen LogP contribution in [0.5, 0.6) is 0 Å². The summed E-state index contributed by atoms with van der Waals surface area (Å²) in [6.45, 7) is 12.6. The van der Waals surface area contributed by atoms with Crippen molar-refractivity contribution in [2.75, 3.05) is 18.4 Å². The van der Waals surface area contributed by atoms with Gasteiger partial charge in [-0.25, -0.2) is 15.0 Å². The van der Waals surface area contributed by atoms with Crippen LogP contribution in [-0.2, 0) is 19.5 Å². The highest BCUT2D eigenvalue weighted by molar-refractivity contribution is 5.78. The Morgan fingerprint density at radius 2 is 2.09 bits per heavy atom. The van der Waals surface area contributed by atoms with Gasteiger partial charge in [0.15, 0.2) is 5.96 Å². The van der Waals surface area contributed by atoms with Gasteiger partial charge in [0.05, 0.1) is 29.8 Å². The van der Waals surface area contributed by atoms with Crippen molar-refractivity contribution in [3.05, 3.63) is 53.5 Å². The monoisotopic (exact) mass is 472 g/mol. The highest BCUT2D eigenvalue weighted by Crippen LogP contribution is 2.33. The standard InChI is InChI=1S/C27H36N8/c1-18-14-19(7-8-20(18)15-30-25(28)34-13-10-21(17-34)27(2,3)4)22-9-11-29-26(32-22)33-23-16-31-35-12-5-6-24(23)35/h7-9,11,14,16,21H,5-6,10,12-13,15,17H2,1-4H3,(H2,28,30)(H,29,32,33). The molecule has 1 fully saturated rings. The van der Waals surface area contributed by atoms with Crippen LogP contribution in [0.3, 0.4) is 0 Å². The molecule has 4 heterocycles. The van der Waals surface area contributed by atoms with E-state index in [0.29, 0.717) is 29.8 Å². The molecule has 8 nitrogen and oxygen atoms in total. The van der Waals surface area contributed by atoms with Gasteiger partial charge >= 0.3 is 0 Å². The SMILES string of the molecule is Cc1cc(-c2ccnc(Nc3cnn4c3CCC4)n2)ccc1CN=C(N)N1CCC(C(C)(C)C)C1. The lowest BCUT2D eigenvalue weighted by molar-refractivity contribution is 0.250. The molecule has 2 aromatic heterocycles. The minimum atomic E-state index is 0.302. The van der Waals surface area contributed by atoms with Crippen molar-refractivity contribution in [1.82, 2.24) is 24.6 Å². The minimum Gasteiger partial charge on any atom is -0.370 e. The van der Waals surface area contributed by atoms with Crippen LogP contribution in [0.4, 0.5) is 11.6 Å². The molecule has 1 aromatic carbocycles. The van der Waals surface area contributed by atoms with E-state index >= 15 is 0 Å². The Balaban J connectivity index is 1.26. The van der Waals surface area contributed by atoms with Gasteiger partial charge in [-0.1, -0.05) is 32.9 Å². The summed E-state index contributed by atoms with van der Waals surface area (Å²) < 4.78 is 2.05. The fourth-order valence-corrected chi connectivity index (χ4v) is 5.04. The summed E-state index contributed by atoms with van der Waals surface area (Å²) in [4.78, 5) is 16.1. The minimum absolute atomic E-state index is 0.302. The molecule has 1 atom stereocenters. The smallest absolute Gasteiger partial charge is 0.227 e. The molecule has 0 bridgehead atoms. The lowest BCUT2D eigenvalue weighted by Crippen LogP contribution is -2.36. The normalized spacial score (nSPS) is 18.2. The first kappa shape index (κ1) is 23.3. The fourth-order valence-electron chi connectivity index (χ4n) is 5.04. The van der Waals surface area contributed by atoms with Crippen molar-refractivity contribution in [2.24, 2.45) is 22.1 Å². The molecule has 0 spiro atoms. The maximum absolute atomic E-state index is 6.36. The van der Waals surface area contributed by atoms with Gasteiger partial charge in [-0.05, 0) is 60.8 Å². The molecular formula is C27H36N8. The number of nitrogens with zero attached hydrogens (tertiary/aromatic N) is 6. The number of hydrogen-bond acceptors (Lipinski definition) is 5. The number of fused-ring (bicyclic) bond motifs is 1. The van der Waals surface area contributed by atoms with Crippen LogP contribution in [0, 0.1) is 18.3 Å². The average molecular weight is 473 g/mol. The van der Waals surface area contributed by atoms with Crippen LogP contribution in [0.25, 0.3) is 11.3 Å². The number of hydrogen-bond donors (Lipinski definition) is 2. The third-order valence-corrected chi connectivity index (χ3v) is 7.42. The average Bonchev–Trinajstić information content (AvgIpc) is 3.57. The molecule has 0 saturated carbocycles. The zero-order chi connectivity index (χ0) is 24.6. The molecule has 35 heavy (non-hydrogen) atoms. The summed E-state index contributed by atoms with van der Waals surface area (Å²) in [7, 11) is 0.